The van der Waals surface area contributed by atoms with Crippen molar-refractivity contribution in [1.82, 2.24) is 4.98 Å². The summed E-state index contributed by atoms with van der Waals surface area (Å²) in [7, 11) is 0. The molecule has 0 amide bonds. The number of aromatic nitrogens is 1. The largest absolute Gasteiger partial charge is 0.352 e. The summed E-state index contributed by atoms with van der Waals surface area (Å²) in [6.07, 6.45) is 1.87. The van der Waals surface area contributed by atoms with E-state index in [0.717, 1.165) is 23.4 Å². The summed E-state index contributed by atoms with van der Waals surface area (Å²) in [4.78, 5) is 6.82. The predicted molar refractivity (Wildman–Crippen MR) is 83.4 cm³/mol. The number of hydrogen-bond donors (Lipinski definition) is 1. The number of halogens is 1. The summed E-state index contributed by atoms with van der Waals surface area (Å²) < 4.78 is 1.11. The van der Waals surface area contributed by atoms with Crippen LogP contribution in [0.15, 0.2) is 34.9 Å². The maximum Gasteiger partial charge on any atom is 0.136 e. The molecule has 0 unspecified atom stereocenters. The molecule has 0 aliphatic carbocycles. The maximum atomic E-state index is 6.37. The van der Waals surface area contributed by atoms with Crippen LogP contribution in [0.4, 0.5) is 5.82 Å². The Bertz CT molecular complexity index is 618. The van der Waals surface area contributed by atoms with E-state index in [9.17, 15) is 0 Å². The third-order valence-electron chi connectivity index (χ3n) is 4.15. The molecule has 4 heteroatoms. The van der Waals surface area contributed by atoms with Crippen LogP contribution in [-0.4, -0.2) is 23.6 Å². The number of fused-ring (bicyclic) bond motifs is 1. The molecule has 100 valence electrons. The van der Waals surface area contributed by atoms with Crippen LogP contribution >= 0.6 is 15.9 Å². The normalized spacial score (nSPS) is 17.8. The van der Waals surface area contributed by atoms with Crippen LogP contribution in [0.5, 0.6) is 0 Å². The minimum atomic E-state index is -0.0736. The fourth-order valence-corrected chi connectivity index (χ4v) is 3.08. The van der Waals surface area contributed by atoms with Crippen molar-refractivity contribution in [2.75, 3.05) is 18.0 Å². The van der Waals surface area contributed by atoms with Gasteiger partial charge in [-0.1, -0.05) is 41.9 Å². The molecule has 1 fully saturated rings. The van der Waals surface area contributed by atoms with Gasteiger partial charge in [0.1, 0.15) is 5.82 Å². The maximum absolute atomic E-state index is 6.37. The molecule has 1 aromatic heterocycles. The van der Waals surface area contributed by atoms with E-state index in [4.69, 9.17) is 5.73 Å². The lowest BCUT2D eigenvalue weighted by Gasteiger charge is -2.51. The number of nitrogens with two attached hydrogens (primary N) is 1. The van der Waals surface area contributed by atoms with Gasteiger partial charge in [-0.15, -0.1) is 0 Å². The molecular formula is C15H18BrN3. The average Bonchev–Trinajstić information content (AvgIpc) is 2.35. The fraction of sp³-hybridized carbons (Fsp3) is 0.400. The molecule has 0 saturated carbocycles. The SMILES string of the molecule is CC(C)C1(N)CN(c2nccc3c(Br)cccc23)C1. The number of benzene rings is 1. The molecule has 0 atom stereocenters. The summed E-state index contributed by atoms with van der Waals surface area (Å²) in [5, 5.41) is 2.38. The fourth-order valence-electron chi connectivity index (χ4n) is 2.58. The molecule has 1 aliphatic rings. The van der Waals surface area contributed by atoms with Gasteiger partial charge in [0, 0.05) is 34.5 Å². The summed E-state index contributed by atoms with van der Waals surface area (Å²) in [6.45, 7) is 6.13. The first-order valence-corrected chi connectivity index (χ1v) is 7.38. The molecule has 0 spiro atoms. The highest BCUT2D eigenvalue weighted by Crippen LogP contribution is 2.35. The number of anilines is 1. The minimum Gasteiger partial charge on any atom is -0.352 e. The lowest BCUT2D eigenvalue weighted by molar-refractivity contribution is 0.244. The zero-order chi connectivity index (χ0) is 13.6. The quantitative estimate of drug-likeness (QED) is 0.924. The second-order valence-corrected chi connectivity index (χ2v) is 6.57. The Labute approximate surface area is 121 Å². The third-order valence-corrected chi connectivity index (χ3v) is 4.84. The molecule has 2 heterocycles. The van der Waals surface area contributed by atoms with Gasteiger partial charge < -0.3 is 10.6 Å². The molecule has 3 rings (SSSR count). The van der Waals surface area contributed by atoms with E-state index in [1.54, 1.807) is 0 Å². The van der Waals surface area contributed by atoms with Crippen molar-refractivity contribution in [3.8, 4) is 0 Å². The van der Waals surface area contributed by atoms with Crippen LogP contribution in [0.1, 0.15) is 13.8 Å². The highest BCUT2D eigenvalue weighted by molar-refractivity contribution is 9.10. The van der Waals surface area contributed by atoms with E-state index in [1.807, 2.05) is 12.3 Å². The van der Waals surface area contributed by atoms with Crippen LogP contribution in [0.2, 0.25) is 0 Å². The summed E-state index contributed by atoms with van der Waals surface area (Å²) in [5.74, 6) is 1.53. The topological polar surface area (TPSA) is 42.1 Å². The van der Waals surface area contributed by atoms with Gasteiger partial charge in [-0.25, -0.2) is 4.98 Å². The Morgan fingerprint density at radius 2 is 2.00 bits per heavy atom. The van der Waals surface area contributed by atoms with Crippen molar-refractivity contribution in [3.63, 3.8) is 0 Å². The third kappa shape index (κ3) is 2.03. The van der Waals surface area contributed by atoms with E-state index in [0.29, 0.717) is 5.92 Å². The van der Waals surface area contributed by atoms with E-state index in [1.165, 1.54) is 10.8 Å². The first-order valence-electron chi connectivity index (χ1n) is 6.58. The molecular weight excluding hydrogens is 302 g/mol. The van der Waals surface area contributed by atoms with Crippen LogP contribution in [0, 0.1) is 5.92 Å². The highest BCUT2D eigenvalue weighted by Gasteiger charge is 2.42. The van der Waals surface area contributed by atoms with Gasteiger partial charge in [-0.05, 0) is 18.1 Å². The van der Waals surface area contributed by atoms with E-state index >= 15 is 0 Å². The standard InChI is InChI=1S/C15H18BrN3/c1-10(2)15(17)8-19(9-15)14-12-4-3-5-13(16)11(12)6-7-18-14/h3-7,10H,8-9,17H2,1-2H3. The average molecular weight is 320 g/mol. The first kappa shape index (κ1) is 12.9. The Morgan fingerprint density at radius 1 is 1.26 bits per heavy atom. The Kier molecular flexibility index (Phi) is 3.02. The van der Waals surface area contributed by atoms with Gasteiger partial charge in [0.25, 0.3) is 0 Å². The molecule has 2 aromatic rings. The van der Waals surface area contributed by atoms with Gasteiger partial charge >= 0.3 is 0 Å². The molecule has 19 heavy (non-hydrogen) atoms. The molecule has 1 saturated heterocycles. The summed E-state index contributed by atoms with van der Waals surface area (Å²) in [5.41, 5.74) is 6.30. The summed E-state index contributed by atoms with van der Waals surface area (Å²) in [6, 6.07) is 8.27. The molecule has 1 aliphatic heterocycles. The van der Waals surface area contributed by atoms with E-state index in [-0.39, 0.29) is 5.54 Å². The lowest BCUT2D eigenvalue weighted by atomic mass is 9.80. The number of rotatable bonds is 2. The van der Waals surface area contributed by atoms with Crippen molar-refractivity contribution >= 4 is 32.5 Å². The molecule has 0 bridgehead atoms. The van der Waals surface area contributed by atoms with Crippen LogP contribution < -0.4 is 10.6 Å². The Balaban J connectivity index is 1.98. The second-order valence-electron chi connectivity index (χ2n) is 5.71. The number of nitrogens with zero attached hydrogens (tertiary/aromatic N) is 2. The van der Waals surface area contributed by atoms with E-state index < -0.39 is 0 Å². The first-order chi connectivity index (χ1) is 9.01. The Hall–Kier alpha value is -1.13. The monoisotopic (exact) mass is 319 g/mol. The predicted octanol–water partition coefficient (Wildman–Crippen LogP) is 3.17. The van der Waals surface area contributed by atoms with Crippen molar-refractivity contribution in [1.29, 1.82) is 0 Å². The van der Waals surface area contributed by atoms with Gasteiger partial charge in [0.2, 0.25) is 0 Å². The smallest absolute Gasteiger partial charge is 0.136 e. The zero-order valence-electron chi connectivity index (χ0n) is 11.2. The molecule has 0 radical (unpaired) electrons. The summed E-state index contributed by atoms with van der Waals surface area (Å²) >= 11 is 3.59. The molecule has 3 nitrogen and oxygen atoms in total. The van der Waals surface area contributed by atoms with Gasteiger partial charge in [-0.3, -0.25) is 0 Å². The number of hydrogen-bond acceptors (Lipinski definition) is 3. The molecule has 2 N–H and O–H groups in total. The van der Waals surface area contributed by atoms with Crippen molar-refractivity contribution in [3.05, 3.63) is 34.9 Å². The Morgan fingerprint density at radius 3 is 2.68 bits per heavy atom. The zero-order valence-corrected chi connectivity index (χ0v) is 12.8. The van der Waals surface area contributed by atoms with Crippen molar-refractivity contribution in [2.24, 2.45) is 11.7 Å². The van der Waals surface area contributed by atoms with Crippen molar-refractivity contribution in [2.45, 2.75) is 19.4 Å². The molecule has 1 aromatic carbocycles. The lowest BCUT2D eigenvalue weighted by Crippen LogP contribution is -2.70. The van der Waals surface area contributed by atoms with Crippen LogP contribution in [0.25, 0.3) is 10.8 Å². The minimum absolute atomic E-state index is 0.0736. The van der Waals surface area contributed by atoms with Crippen LogP contribution in [-0.2, 0) is 0 Å². The van der Waals surface area contributed by atoms with Crippen molar-refractivity contribution < 1.29 is 0 Å². The van der Waals surface area contributed by atoms with Gasteiger partial charge in [-0.2, -0.15) is 0 Å². The highest BCUT2D eigenvalue weighted by atomic mass is 79.9. The van der Waals surface area contributed by atoms with Gasteiger partial charge in [0.05, 0.1) is 5.54 Å². The second kappa shape index (κ2) is 4.46. The number of pyridine rings is 1. The van der Waals surface area contributed by atoms with E-state index in [2.05, 4.69) is 57.9 Å². The van der Waals surface area contributed by atoms with Crippen LogP contribution in [0.3, 0.4) is 0 Å². The van der Waals surface area contributed by atoms with Gasteiger partial charge in [0.15, 0.2) is 0 Å².